The zero-order valence-corrected chi connectivity index (χ0v) is 12.2. The van der Waals surface area contributed by atoms with Gasteiger partial charge >= 0.3 is 0 Å². The lowest BCUT2D eigenvalue weighted by Gasteiger charge is -2.16. The first-order valence-electron chi connectivity index (χ1n) is 5.80. The Bertz CT molecular complexity index is 389. The molecule has 1 aromatic carbocycles. The minimum absolute atomic E-state index is 0.237. The summed E-state index contributed by atoms with van der Waals surface area (Å²) in [6, 6.07) is 4.05. The van der Waals surface area contributed by atoms with Gasteiger partial charge in [-0.3, -0.25) is 0 Å². The van der Waals surface area contributed by atoms with Crippen LogP contribution in [0.3, 0.4) is 0 Å². The summed E-state index contributed by atoms with van der Waals surface area (Å²) in [5, 5.41) is 0. The van der Waals surface area contributed by atoms with Crippen molar-refractivity contribution in [2.75, 3.05) is 13.2 Å². The van der Waals surface area contributed by atoms with Crippen molar-refractivity contribution in [2.45, 2.75) is 31.7 Å². The lowest BCUT2D eigenvalue weighted by Crippen LogP contribution is -2.17. The van der Waals surface area contributed by atoms with Crippen LogP contribution in [0.2, 0.25) is 0 Å². The van der Waals surface area contributed by atoms with Crippen LogP contribution in [0.25, 0.3) is 0 Å². The summed E-state index contributed by atoms with van der Waals surface area (Å²) in [4.78, 5) is 0. The largest absolute Gasteiger partial charge is 0.490 e. The molecule has 0 radical (unpaired) electrons. The van der Waals surface area contributed by atoms with Crippen LogP contribution >= 0.6 is 27.5 Å². The van der Waals surface area contributed by atoms with Crippen LogP contribution in [-0.2, 0) is 10.6 Å². The molecule has 0 amide bonds. The second kappa shape index (κ2) is 6.07. The Kier molecular flexibility index (Phi) is 4.71. The number of hydrogen-bond donors (Lipinski definition) is 0. The van der Waals surface area contributed by atoms with E-state index >= 15 is 0 Å². The van der Waals surface area contributed by atoms with Crippen molar-refractivity contribution < 1.29 is 9.47 Å². The number of halogens is 2. The molecule has 1 heterocycles. The first-order valence-corrected chi connectivity index (χ1v) is 7.13. The Morgan fingerprint density at radius 1 is 1.53 bits per heavy atom. The van der Waals surface area contributed by atoms with Crippen molar-refractivity contribution >= 4 is 27.5 Å². The van der Waals surface area contributed by atoms with Crippen molar-refractivity contribution in [1.29, 1.82) is 0 Å². The smallest absolute Gasteiger partial charge is 0.126 e. The Morgan fingerprint density at radius 2 is 2.35 bits per heavy atom. The molecule has 2 nitrogen and oxygen atoms in total. The van der Waals surface area contributed by atoms with E-state index in [1.165, 1.54) is 0 Å². The predicted octanol–water partition coefficient (Wildman–Crippen LogP) is 4.05. The summed E-state index contributed by atoms with van der Waals surface area (Å²) in [6.07, 6.45) is 2.46. The van der Waals surface area contributed by atoms with Gasteiger partial charge in [-0.2, -0.15) is 0 Å². The molecule has 0 N–H and O–H groups in total. The molecule has 2 rings (SSSR count). The molecule has 1 unspecified atom stereocenters. The molecule has 1 aliphatic heterocycles. The predicted molar refractivity (Wildman–Crippen MR) is 72.9 cm³/mol. The fraction of sp³-hybridized carbons (Fsp3) is 0.538. The fourth-order valence-corrected chi connectivity index (χ4v) is 2.88. The number of rotatable bonds is 4. The molecule has 0 bridgehead atoms. The molecule has 1 saturated heterocycles. The number of aryl methyl sites for hydroxylation is 1. The van der Waals surface area contributed by atoms with Gasteiger partial charge in [0.25, 0.3) is 0 Å². The number of ether oxygens (including phenoxy) is 2. The monoisotopic (exact) mass is 318 g/mol. The van der Waals surface area contributed by atoms with Crippen LogP contribution < -0.4 is 4.74 Å². The van der Waals surface area contributed by atoms with Crippen LogP contribution in [0.5, 0.6) is 5.75 Å². The quantitative estimate of drug-likeness (QED) is 0.779. The second-order valence-corrected chi connectivity index (χ2v) is 5.47. The van der Waals surface area contributed by atoms with Gasteiger partial charge in [-0.05, 0) is 37.5 Å². The molecule has 1 aliphatic rings. The molecular formula is C13H16BrClO2. The molecule has 0 aliphatic carbocycles. The molecule has 1 atom stereocenters. The summed E-state index contributed by atoms with van der Waals surface area (Å²) in [5.41, 5.74) is 2.13. The molecule has 94 valence electrons. The van der Waals surface area contributed by atoms with E-state index in [4.69, 9.17) is 21.1 Å². The Labute approximate surface area is 115 Å². The summed E-state index contributed by atoms with van der Waals surface area (Å²) in [6.45, 7) is 3.51. The molecule has 4 heteroatoms. The third kappa shape index (κ3) is 3.36. The van der Waals surface area contributed by atoms with Crippen LogP contribution in [0, 0.1) is 6.92 Å². The van der Waals surface area contributed by atoms with Crippen molar-refractivity contribution in [3.05, 3.63) is 27.7 Å². The first-order chi connectivity index (χ1) is 8.20. The van der Waals surface area contributed by atoms with Crippen molar-refractivity contribution in [3.63, 3.8) is 0 Å². The van der Waals surface area contributed by atoms with Gasteiger partial charge in [-0.15, -0.1) is 11.6 Å². The van der Waals surface area contributed by atoms with E-state index in [9.17, 15) is 0 Å². The van der Waals surface area contributed by atoms with Gasteiger partial charge in [0.1, 0.15) is 12.4 Å². The van der Waals surface area contributed by atoms with Crippen LogP contribution in [0.15, 0.2) is 16.6 Å². The van der Waals surface area contributed by atoms with E-state index in [-0.39, 0.29) is 6.10 Å². The SMILES string of the molecule is Cc1cc(Br)cc(CCl)c1OCC1CCCO1. The standard InChI is InChI=1S/C13H16BrClO2/c1-9-5-11(14)6-10(7-15)13(9)17-8-12-3-2-4-16-12/h5-6,12H,2-4,7-8H2,1H3. The van der Waals surface area contributed by atoms with E-state index in [2.05, 4.69) is 15.9 Å². The molecule has 1 fully saturated rings. The summed E-state index contributed by atoms with van der Waals surface area (Å²) < 4.78 is 12.4. The summed E-state index contributed by atoms with van der Waals surface area (Å²) in [5.74, 6) is 1.36. The van der Waals surface area contributed by atoms with Gasteiger partial charge in [0.2, 0.25) is 0 Å². The van der Waals surface area contributed by atoms with E-state index in [0.29, 0.717) is 12.5 Å². The van der Waals surface area contributed by atoms with Crippen LogP contribution in [0.1, 0.15) is 24.0 Å². The van der Waals surface area contributed by atoms with Crippen molar-refractivity contribution in [2.24, 2.45) is 0 Å². The van der Waals surface area contributed by atoms with E-state index in [1.807, 2.05) is 19.1 Å². The van der Waals surface area contributed by atoms with Crippen LogP contribution in [-0.4, -0.2) is 19.3 Å². The molecular weight excluding hydrogens is 303 g/mol. The topological polar surface area (TPSA) is 18.5 Å². The summed E-state index contributed by atoms with van der Waals surface area (Å²) in [7, 11) is 0. The lowest BCUT2D eigenvalue weighted by molar-refractivity contribution is 0.0674. The Morgan fingerprint density at radius 3 is 3.00 bits per heavy atom. The highest BCUT2D eigenvalue weighted by Gasteiger charge is 2.17. The Balaban J connectivity index is 2.08. The first kappa shape index (κ1) is 13.2. The highest BCUT2D eigenvalue weighted by atomic mass is 79.9. The third-order valence-electron chi connectivity index (χ3n) is 2.90. The lowest BCUT2D eigenvalue weighted by atomic mass is 10.1. The molecule has 1 aromatic rings. The van der Waals surface area contributed by atoms with Gasteiger partial charge < -0.3 is 9.47 Å². The number of hydrogen-bond acceptors (Lipinski definition) is 2. The third-order valence-corrected chi connectivity index (χ3v) is 3.64. The van der Waals surface area contributed by atoms with Gasteiger partial charge in [0, 0.05) is 16.6 Å². The number of benzene rings is 1. The van der Waals surface area contributed by atoms with Gasteiger partial charge in [-0.1, -0.05) is 15.9 Å². The van der Waals surface area contributed by atoms with Crippen molar-refractivity contribution in [3.8, 4) is 5.75 Å². The zero-order valence-electron chi connectivity index (χ0n) is 9.84. The number of alkyl halides is 1. The highest BCUT2D eigenvalue weighted by Crippen LogP contribution is 2.30. The molecule has 17 heavy (non-hydrogen) atoms. The average Bonchev–Trinajstić information content (AvgIpc) is 2.79. The van der Waals surface area contributed by atoms with Gasteiger partial charge in [-0.25, -0.2) is 0 Å². The molecule has 0 spiro atoms. The summed E-state index contributed by atoms with van der Waals surface area (Å²) >= 11 is 9.41. The van der Waals surface area contributed by atoms with Crippen LogP contribution in [0.4, 0.5) is 0 Å². The van der Waals surface area contributed by atoms with Gasteiger partial charge in [0.05, 0.1) is 12.0 Å². The van der Waals surface area contributed by atoms with Gasteiger partial charge in [0.15, 0.2) is 0 Å². The highest BCUT2D eigenvalue weighted by molar-refractivity contribution is 9.10. The average molecular weight is 320 g/mol. The second-order valence-electron chi connectivity index (χ2n) is 4.29. The maximum atomic E-state index is 5.94. The normalized spacial score (nSPS) is 19.6. The maximum absolute atomic E-state index is 5.94. The molecule has 0 aromatic heterocycles. The van der Waals surface area contributed by atoms with E-state index < -0.39 is 0 Å². The zero-order chi connectivity index (χ0) is 12.3. The van der Waals surface area contributed by atoms with E-state index in [0.717, 1.165) is 40.8 Å². The maximum Gasteiger partial charge on any atom is 0.126 e. The fourth-order valence-electron chi connectivity index (χ4n) is 2.06. The minimum Gasteiger partial charge on any atom is -0.490 e. The minimum atomic E-state index is 0.237. The Hall–Kier alpha value is -0.250. The van der Waals surface area contributed by atoms with E-state index in [1.54, 1.807) is 0 Å². The van der Waals surface area contributed by atoms with Crippen molar-refractivity contribution in [1.82, 2.24) is 0 Å². The molecule has 0 saturated carbocycles.